The van der Waals surface area contributed by atoms with Gasteiger partial charge in [-0.3, -0.25) is 9.79 Å². The molecule has 5 nitrogen and oxygen atoms in total. The third-order valence-electron chi connectivity index (χ3n) is 5.16. The van der Waals surface area contributed by atoms with Crippen molar-refractivity contribution in [3.8, 4) is 0 Å². The molecule has 2 aromatic rings. The van der Waals surface area contributed by atoms with E-state index in [1.54, 1.807) is 38.2 Å². The summed E-state index contributed by atoms with van der Waals surface area (Å²) in [6.07, 6.45) is -2.95. The number of carbonyl (C=O) groups excluding carboxylic acids is 1. The summed E-state index contributed by atoms with van der Waals surface area (Å²) >= 11 is 0. The number of guanidine groups is 1. The molecule has 2 N–H and O–H groups in total. The van der Waals surface area contributed by atoms with Gasteiger partial charge in [-0.05, 0) is 48.1 Å². The second-order valence-electron chi connectivity index (χ2n) is 7.89. The van der Waals surface area contributed by atoms with Crippen molar-refractivity contribution in [1.29, 1.82) is 0 Å². The fourth-order valence-electron chi connectivity index (χ4n) is 3.26. The molecule has 0 aliphatic rings. The highest BCUT2D eigenvalue weighted by atomic mass is 127. The fraction of sp³-hybridized carbons (Fsp3) is 0.417. The van der Waals surface area contributed by atoms with Crippen LogP contribution in [-0.2, 0) is 12.6 Å². The average molecular weight is 576 g/mol. The van der Waals surface area contributed by atoms with Crippen LogP contribution < -0.4 is 10.6 Å². The average Bonchev–Trinajstić information content (AvgIpc) is 2.77. The fourth-order valence-corrected chi connectivity index (χ4v) is 3.26. The lowest BCUT2D eigenvalue weighted by Crippen LogP contribution is -2.39. The van der Waals surface area contributed by atoms with Crippen LogP contribution in [0.15, 0.2) is 53.5 Å². The van der Waals surface area contributed by atoms with Gasteiger partial charge in [-0.25, -0.2) is 0 Å². The molecule has 0 saturated heterocycles. The van der Waals surface area contributed by atoms with Crippen LogP contribution >= 0.6 is 24.0 Å². The minimum atomic E-state index is -4.33. The van der Waals surface area contributed by atoms with Gasteiger partial charge < -0.3 is 15.5 Å². The molecule has 0 saturated carbocycles. The van der Waals surface area contributed by atoms with Crippen LogP contribution in [-0.4, -0.2) is 51.0 Å². The van der Waals surface area contributed by atoms with E-state index in [1.807, 2.05) is 25.1 Å². The Morgan fingerprint density at radius 2 is 1.73 bits per heavy atom. The van der Waals surface area contributed by atoms with Crippen molar-refractivity contribution >= 4 is 35.8 Å². The summed E-state index contributed by atoms with van der Waals surface area (Å²) in [5.41, 5.74) is 1.73. The Bertz CT molecular complexity index is 932. The molecule has 33 heavy (non-hydrogen) atoms. The number of aliphatic imine (C=N–C) groups is 1. The number of halogens is 4. The van der Waals surface area contributed by atoms with E-state index >= 15 is 0 Å². The van der Waals surface area contributed by atoms with Crippen molar-refractivity contribution in [3.05, 3.63) is 70.8 Å². The number of alkyl halides is 3. The molecular formula is C24H32F3IN4O. The number of amides is 1. The molecule has 0 heterocycles. The first-order chi connectivity index (χ1) is 15.1. The maximum Gasteiger partial charge on any atom is 0.416 e. The Hall–Kier alpha value is -2.30. The Morgan fingerprint density at radius 3 is 2.36 bits per heavy atom. The largest absolute Gasteiger partial charge is 0.416 e. The van der Waals surface area contributed by atoms with Crippen LogP contribution in [0.1, 0.15) is 46.3 Å². The predicted octanol–water partition coefficient (Wildman–Crippen LogP) is 4.93. The smallest absolute Gasteiger partial charge is 0.356 e. The van der Waals surface area contributed by atoms with Crippen LogP contribution in [0.4, 0.5) is 13.2 Å². The summed E-state index contributed by atoms with van der Waals surface area (Å²) < 4.78 is 38.8. The molecule has 0 aromatic heterocycles. The van der Waals surface area contributed by atoms with Crippen LogP contribution in [0.5, 0.6) is 0 Å². The van der Waals surface area contributed by atoms with Gasteiger partial charge in [0.15, 0.2) is 5.96 Å². The van der Waals surface area contributed by atoms with Gasteiger partial charge in [-0.15, -0.1) is 24.0 Å². The summed E-state index contributed by atoms with van der Waals surface area (Å²) in [4.78, 5) is 17.8. The molecule has 0 aliphatic heterocycles. The molecule has 2 rings (SSSR count). The van der Waals surface area contributed by atoms with Crippen molar-refractivity contribution in [3.63, 3.8) is 0 Å². The summed E-state index contributed by atoms with van der Waals surface area (Å²) in [7, 11) is 5.11. The molecule has 0 radical (unpaired) electrons. The number of hydrogen-bond donors (Lipinski definition) is 2. The van der Waals surface area contributed by atoms with Crippen LogP contribution in [0.3, 0.4) is 0 Å². The molecule has 0 spiro atoms. The molecule has 182 valence electrons. The van der Waals surface area contributed by atoms with Gasteiger partial charge in [0.2, 0.25) is 0 Å². The first-order valence-electron chi connectivity index (χ1n) is 10.5. The molecule has 0 fully saturated rings. The zero-order valence-corrected chi connectivity index (χ0v) is 21.7. The van der Waals surface area contributed by atoms with E-state index in [4.69, 9.17) is 0 Å². The lowest BCUT2D eigenvalue weighted by Gasteiger charge is -2.16. The van der Waals surface area contributed by atoms with Crippen LogP contribution in [0, 0.1) is 0 Å². The Kier molecular flexibility index (Phi) is 11.7. The topological polar surface area (TPSA) is 56.7 Å². The van der Waals surface area contributed by atoms with Crippen molar-refractivity contribution in [2.75, 3.05) is 34.2 Å². The van der Waals surface area contributed by atoms with Gasteiger partial charge in [0.25, 0.3) is 5.91 Å². The molecule has 1 amide bonds. The minimum Gasteiger partial charge on any atom is -0.356 e. The summed E-state index contributed by atoms with van der Waals surface area (Å²) in [6.45, 7) is 3.11. The minimum absolute atomic E-state index is 0. The summed E-state index contributed by atoms with van der Waals surface area (Å²) in [5, 5.41) is 6.43. The Labute approximate surface area is 210 Å². The van der Waals surface area contributed by atoms with Gasteiger partial charge in [-0.2, -0.15) is 13.2 Å². The number of hydrogen-bond acceptors (Lipinski definition) is 2. The summed E-state index contributed by atoms with van der Waals surface area (Å²) in [6, 6.07) is 13.0. The van der Waals surface area contributed by atoms with Gasteiger partial charge in [0.1, 0.15) is 0 Å². The quantitative estimate of drug-likeness (QED) is 0.267. The van der Waals surface area contributed by atoms with Crippen molar-refractivity contribution in [1.82, 2.24) is 15.5 Å². The lowest BCUT2D eigenvalue weighted by molar-refractivity contribution is -0.137. The van der Waals surface area contributed by atoms with Crippen LogP contribution in [0.25, 0.3) is 0 Å². The number of rotatable bonds is 8. The van der Waals surface area contributed by atoms with E-state index in [1.165, 1.54) is 12.1 Å². The monoisotopic (exact) mass is 576 g/mol. The molecule has 0 bridgehead atoms. The normalized spacial score (nSPS) is 12.5. The van der Waals surface area contributed by atoms with E-state index in [0.717, 1.165) is 18.1 Å². The maximum absolute atomic E-state index is 12.9. The second kappa shape index (κ2) is 13.4. The highest BCUT2D eigenvalue weighted by Crippen LogP contribution is 2.31. The third kappa shape index (κ3) is 9.23. The molecule has 0 aliphatic carbocycles. The number of carbonyl (C=O) groups is 1. The van der Waals surface area contributed by atoms with E-state index in [-0.39, 0.29) is 35.8 Å². The van der Waals surface area contributed by atoms with E-state index in [9.17, 15) is 18.0 Å². The van der Waals surface area contributed by atoms with Crippen molar-refractivity contribution < 1.29 is 18.0 Å². The maximum atomic E-state index is 12.9. The van der Waals surface area contributed by atoms with Crippen molar-refractivity contribution in [2.45, 2.75) is 31.9 Å². The van der Waals surface area contributed by atoms with Gasteiger partial charge in [0.05, 0.1) is 5.56 Å². The first kappa shape index (κ1) is 28.7. The standard InChI is InChI=1S/C24H31F3N4O.HI/c1-17(19-8-6-10-21(16-19)24(25,26)27)11-13-29-23(28-2)30-14-12-18-7-5-9-20(15-18)22(32)31(3)4;/h5-10,15-17H,11-14H2,1-4H3,(H2,28,29,30);1H. The zero-order valence-electron chi connectivity index (χ0n) is 19.4. The lowest BCUT2D eigenvalue weighted by atomic mass is 9.96. The third-order valence-corrected chi connectivity index (χ3v) is 5.16. The zero-order chi connectivity index (χ0) is 23.7. The summed E-state index contributed by atoms with van der Waals surface area (Å²) in [5.74, 6) is 0.564. The Morgan fingerprint density at radius 1 is 1.06 bits per heavy atom. The number of nitrogens with zero attached hydrogens (tertiary/aromatic N) is 2. The van der Waals surface area contributed by atoms with E-state index in [2.05, 4.69) is 15.6 Å². The molecule has 1 atom stereocenters. The highest BCUT2D eigenvalue weighted by Gasteiger charge is 2.30. The number of nitrogens with one attached hydrogen (secondary N) is 2. The number of benzene rings is 2. The SMILES string of the molecule is CN=C(NCCc1cccc(C(=O)N(C)C)c1)NCCC(C)c1cccc(C(F)(F)F)c1.I. The predicted molar refractivity (Wildman–Crippen MR) is 137 cm³/mol. The van der Waals surface area contributed by atoms with Crippen LogP contribution in [0.2, 0.25) is 0 Å². The molecular weight excluding hydrogens is 544 g/mol. The first-order valence-corrected chi connectivity index (χ1v) is 10.5. The molecule has 1 unspecified atom stereocenters. The highest BCUT2D eigenvalue weighted by molar-refractivity contribution is 14.0. The van der Waals surface area contributed by atoms with Gasteiger partial charge in [0, 0.05) is 39.8 Å². The Balaban J connectivity index is 0.00000544. The van der Waals surface area contributed by atoms with E-state index in [0.29, 0.717) is 36.6 Å². The molecule has 9 heteroatoms. The molecule has 2 aromatic carbocycles. The van der Waals surface area contributed by atoms with E-state index < -0.39 is 11.7 Å². The van der Waals surface area contributed by atoms with Gasteiger partial charge in [-0.1, -0.05) is 37.3 Å². The van der Waals surface area contributed by atoms with Crippen molar-refractivity contribution in [2.24, 2.45) is 4.99 Å². The van der Waals surface area contributed by atoms with Gasteiger partial charge >= 0.3 is 6.18 Å². The second-order valence-corrected chi connectivity index (χ2v) is 7.89.